The molecule has 0 bridgehead atoms. The van der Waals surface area contributed by atoms with Gasteiger partial charge in [-0.15, -0.1) is 0 Å². The molecule has 1 N–H and O–H groups in total. The number of aliphatic hydroxyl groups excluding tert-OH is 1. The Bertz CT molecular complexity index is 79.1. The van der Waals surface area contributed by atoms with Gasteiger partial charge in [0, 0.05) is 0 Å². The molecule has 0 aliphatic carbocycles. The second-order valence-corrected chi connectivity index (χ2v) is 4.05. The highest BCUT2D eigenvalue weighted by Crippen LogP contribution is 2.24. The van der Waals surface area contributed by atoms with Crippen molar-refractivity contribution in [3.8, 4) is 0 Å². The molecular weight excluding hydrogens is 112 g/mol. The van der Waals surface area contributed by atoms with Crippen LogP contribution in [0.1, 0.15) is 34.6 Å². The Morgan fingerprint density at radius 3 is 1.44 bits per heavy atom. The average Bonchev–Trinajstić information content (AvgIpc) is 1.62. The SMILES string of the molecule is CC(C)C(O)C(C)(C)C. The third-order valence-electron chi connectivity index (χ3n) is 1.52. The lowest BCUT2D eigenvalue weighted by Gasteiger charge is -2.28. The number of hydrogen-bond donors (Lipinski definition) is 1. The van der Waals surface area contributed by atoms with Crippen LogP contribution in [-0.2, 0) is 0 Å². The Kier molecular flexibility index (Phi) is 2.68. The minimum atomic E-state index is -0.183. The van der Waals surface area contributed by atoms with E-state index in [1.54, 1.807) is 0 Å². The highest BCUT2D eigenvalue weighted by Gasteiger charge is 2.24. The molecular formula is C8H18O. The summed E-state index contributed by atoms with van der Waals surface area (Å²) in [6.07, 6.45) is -0.183. The Balaban J connectivity index is 3.88. The van der Waals surface area contributed by atoms with Gasteiger partial charge >= 0.3 is 0 Å². The molecule has 1 unspecified atom stereocenters. The summed E-state index contributed by atoms with van der Waals surface area (Å²) in [6, 6.07) is 0. The van der Waals surface area contributed by atoms with Gasteiger partial charge in [-0.25, -0.2) is 0 Å². The summed E-state index contributed by atoms with van der Waals surface area (Å²) in [5.41, 5.74) is 0.0359. The molecule has 0 spiro atoms. The summed E-state index contributed by atoms with van der Waals surface area (Å²) in [7, 11) is 0. The van der Waals surface area contributed by atoms with E-state index in [0.29, 0.717) is 5.92 Å². The van der Waals surface area contributed by atoms with Crippen molar-refractivity contribution in [2.24, 2.45) is 11.3 Å². The highest BCUT2D eigenvalue weighted by molar-refractivity contribution is 4.74. The first kappa shape index (κ1) is 8.96. The smallest absolute Gasteiger partial charge is 0.0611 e. The van der Waals surface area contributed by atoms with Crippen molar-refractivity contribution in [2.75, 3.05) is 0 Å². The Morgan fingerprint density at radius 1 is 1.11 bits per heavy atom. The Labute approximate surface area is 58.1 Å². The fraction of sp³-hybridized carbons (Fsp3) is 1.00. The molecule has 0 saturated heterocycles. The molecule has 0 aliphatic heterocycles. The maximum atomic E-state index is 9.46. The molecule has 0 radical (unpaired) electrons. The molecule has 1 atom stereocenters. The van der Waals surface area contributed by atoms with Crippen molar-refractivity contribution >= 4 is 0 Å². The molecule has 9 heavy (non-hydrogen) atoms. The fourth-order valence-electron chi connectivity index (χ4n) is 1.00. The topological polar surface area (TPSA) is 20.2 Å². The maximum Gasteiger partial charge on any atom is 0.0611 e. The molecule has 0 fully saturated rings. The lowest BCUT2D eigenvalue weighted by molar-refractivity contribution is 0.0245. The normalized spacial score (nSPS) is 16.3. The predicted octanol–water partition coefficient (Wildman–Crippen LogP) is 2.05. The largest absolute Gasteiger partial charge is 0.392 e. The first-order valence-corrected chi connectivity index (χ1v) is 3.53. The van der Waals surface area contributed by atoms with Gasteiger partial charge in [-0.3, -0.25) is 0 Å². The minimum Gasteiger partial charge on any atom is -0.392 e. The van der Waals surface area contributed by atoms with Crippen LogP contribution in [0.15, 0.2) is 0 Å². The molecule has 1 heteroatoms. The predicted molar refractivity (Wildman–Crippen MR) is 40.3 cm³/mol. The van der Waals surface area contributed by atoms with Crippen LogP contribution in [0, 0.1) is 11.3 Å². The van der Waals surface area contributed by atoms with E-state index < -0.39 is 0 Å². The third kappa shape index (κ3) is 2.85. The number of aliphatic hydroxyl groups is 1. The molecule has 0 aromatic carbocycles. The van der Waals surface area contributed by atoms with Crippen LogP contribution >= 0.6 is 0 Å². The van der Waals surface area contributed by atoms with Crippen LogP contribution in [0.4, 0.5) is 0 Å². The van der Waals surface area contributed by atoms with Gasteiger partial charge in [0.05, 0.1) is 6.10 Å². The zero-order valence-electron chi connectivity index (χ0n) is 7.10. The van der Waals surface area contributed by atoms with Crippen molar-refractivity contribution in [1.29, 1.82) is 0 Å². The monoisotopic (exact) mass is 130 g/mol. The van der Waals surface area contributed by atoms with Crippen LogP contribution in [0.5, 0.6) is 0 Å². The van der Waals surface area contributed by atoms with Crippen molar-refractivity contribution in [1.82, 2.24) is 0 Å². The van der Waals surface area contributed by atoms with Crippen LogP contribution in [-0.4, -0.2) is 11.2 Å². The van der Waals surface area contributed by atoms with Gasteiger partial charge in [0.15, 0.2) is 0 Å². The quantitative estimate of drug-likeness (QED) is 0.576. The van der Waals surface area contributed by atoms with Crippen LogP contribution in [0.2, 0.25) is 0 Å². The highest BCUT2D eigenvalue weighted by atomic mass is 16.3. The summed E-state index contributed by atoms with van der Waals surface area (Å²) >= 11 is 0. The second-order valence-electron chi connectivity index (χ2n) is 4.05. The first-order valence-electron chi connectivity index (χ1n) is 3.53. The minimum absolute atomic E-state index is 0.0359. The van der Waals surface area contributed by atoms with Gasteiger partial charge in [-0.1, -0.05) is 34.6 Å². The van der Waals surface area contributed by atoms with Crippen molar-refractivity contribution < 1.29 is 5.11 Å². The summed E-state index contributed by atoms with van der Waals surface area (Å²) in [5, 5.41) is 9.46. The number of rotatable bonds is 1. The zero-order chi connectivity index (χ0) is 7.65. The van der Waals surface area contributed by atoms with Gasteiger partial charge < -0.3 is 5.11 Å². The molecule has 56 valence electrons. The number of hydrogen-bond acceptors (Lipinski definition) is 1. The average molecular weight is 130 g/mol. The molecule has 0 aromatic heterocycles. The van der Waals surface area contributed by atoms with E-state index in [4.69, 9.17) is 0 Å². The van der Waals surface area contributed by atoms with E-state index in [1.807, 2.05) is 13.8 Å². The standard InChI is InChI=1S/C8H18O/c1-6(2)7(9)8(3,4)5/h6-7,9H,1-5H3. The van der Waals surface area contributed by atoms with Crippen LogP contribution in [0.25, 0.3) is 0 Å². The van der Waals surface area contributed by atoms with Crippen LogP contribution < -0.4 is 0 Å². The zero-order valence-corrected chi connectivity index (χ0v) is 7.10. The van der Waals surface area contributed by atoms with Gasteiger partial charge in [-0.2, -0.15) is 0 Å². The lowest BCUT2D eigenvalue weighted by Crippen LogP contribution is -2.30. The van der Waals surface area contributed by atoms with Crippen molar-refractivity contribution in [3.63, 3.8) is 0 Å². The van der Waals surface area contributed by atoms with Crippen molar-refractivity contribution in [2.45, 2.75) is 40.7 Å². The van der Waals surface area contributed by atoms with Gasteiger partial charge in [0.25, 0.3) is 0 Å². The molecule has 0 aliphatic rings. The summed E-state index contributed by atoms with van der Waals surface area (Å²) < 4.78 is 0. The molecule has 0 heterocycles. The van der Waals surface area contributed by atoms with E-state index in [1.165, 1.54) is 0 Å². The maximum absolute atomic E-state index is 9.46. The lowest BCUT2D eigenvalue weighted by atomic mass is 9.83. The summed E-state index contributed by atoms with van der Waals surface area (Å²) in [5.74, 6) is 0.366. The van der Waals surface area contributed by atoms with Crippen molar-refractivity contribution in [3.05, 3.63) is 0 Å². The fourth-order valence-corrected chi connectivity index (χ4v) is 1.00. The Morgan fingerprint density at radius 2 is 1.44 bits per heavy atom. The van der Waals surface area contributed by atoms with E-state index >= 15 is 0 Å². The van der Waals surface area contributed by atoms with Crippen LogP contribution in [0.3, 0.4) is 0 Å². The molecule has 1 nitrogen and oxygen atoms in total. The first-order chi connectivity index (χ1) is 3.85. The molecule has 0 rings (SSSR count). The molecule has 0 amide bonds. The van der Waals surface area contributed by atoms with E-state index in [9.17, 15) is 5.11 Å². The van der Waals surface area contributed by atoms with E-state index in [2.05, 4.69) is 20.8 Å². The Hall–Kier alpha value is -0.0400. The second kappa shape index (κ2) is 2.70. The van der Waals surface area contributed by atoms with Gasteiger partial charge in [0.1, 0.15) is 0 Å². The summed E-state index contributed by atoms with van der Waals surface area (Å²) in [6.45, 7) is 10.2. The summed E-state index contributed by atoms with van der Waals surface area (Å²) in [4.78, 5) is 0. The van der Waals surface area contributed by atoms with E-state index in [0.717, 1.165) is 0 Å². The molecule has 0 aromatic rings. The molecule has 0 saturated carbocycles. The third-order valence-corrected chi connectivity index (χ3v) is 1.52. The van der Waals surface area contributed by atoms with Gasteiger partial charge in [0.2, 0.25) is 0 Å². The van der Waals surface area contributed by atoms with Gasteiger partial charge in [-0.05, 0) is 11.3 Å². The van der Waals surface area contributed by atoms with E-state index in [-0.39, 0.29) is 11.5 Å².